The van der Waals surface area contributed by atoms with Crippen molar-refractivity contribution in [3.63, 3.8) is 0 Å². The third-order valence-corrected chi connectivity index (χ3v) is 3.16. The molecule has 0 aliphatic carbocycles. The number of nitrogens with zero attached hydrogens (tertiary/aromatic N) is 2. The van der Waals surface area contributed by atoms with Crippen molar-refractivity contribution in [3.8, 4) is 17.1 Å². The van der Waals surface area contributed by atoms with Crippen molar-refractivity contribution in [3.05, 3.63) is 54.4 Å². The van der Waals surface area contributed by atoms with Crippen LogP contribution in [0.3, 0.4) is 0 Å². The van der Waals surface area contributed by atoms with E-state index < -0.39 is 11.6 Å². The minimum Gasteiger partial charge on any atom is -0.474 e. The van der Waals surface area contributed by atoms with Gasteiger partial charge in [0, 0.05) is 29.4 Å². The normalized spacial score (nSPS) is 11.1. The maximum absolute atomic E-state index is 14.3. The molecule has 0 saturated carbocycles. The second-order valence-corrected chi connectivity index (χ2v) is 5.17. The molecule has 0 aliphatic rings. The largest absolute Gasteiger partial charge is 0.474 e. The molecular weight excluding hydrogens is 286 g/mol. The fourth-order valence-electron chi connectivity index (χ4n) is 2.30. The van der Waals surface area contributed by atoms with Gasteiger partial charge in [-0.15, -0.1) is 0 Å². The summed E-state index contributed by atoms with van der Waals surface area (Å²) in [5, 5.41) is 0.556. The second-order valence-electron chi connectivity index (χ2n) is 5.17. The lowest BCUT2D eigenvalue weighted by Gasteiger charge is -2.14. The molecule has 0 aliphatic heterocycles. The molecule has 0 fully saturated rings. The molecule has 3 nitrogen and oxygen atoms in total. The summed E-state index contributed by atoms with van der Waals surface area (Å²) in [6.45, 7) is 3.64. The lowest BCUT2D eigenvalue weighted by atomic mass is 10.0. The second kappa shape index (κ2) is 5.67. The van der Waals surface area contributed by atoms with E-state index in [1.807, 2.05) is 19.9 Å². The summed E-state index contributed by atoms with van der Waals surface area (Å²) in [6, 6.07) is 7.46. The number of pyridine rings is 2. The fourth-order valence-corrected chi connectivity index (χ4v) is 2.30. The zero-order chi connectivity index (χ0) is 15.7. The van der Waals surface area contributed by atoms with Crippen molar-refractivity contribution < 1.29 is 13.5 Å². The van der Waals surface area contributed by atoms with Crippen LogP contribution in [0.2, 0.25) is 0 Å². The maximum atomic E-state index is 14.3. The Hall–Kier alpha value is -2.56. The van der Waals surface area contributed by atoms with Crippen LogP contribution in [0.1, 0.15) is 13.8 Å². The third-order valence-electron chi connectivity index (χ3n) is 3.16. The predicted molar refractivity (Wildman–Crippen MR) is 80.7 cm³/mol. The first-order chi connectivity index (χ1) is 10.6. The molecule has 112 valence electrons. The van der Waals surface area contributed by atoms with E-state index in [2.05, 4.69) is 9.97 Å². The highest BCUT2D eigenvalue weighted by atomic mass is 19.1. The Bertz CT molecular complexity index is 820. The van der Waals surface area contributed by atoms with E-state index in [0.29, 0.717) is 16.6 Å². The van der Waals surface area contributed by atoms with Crippen LogP contribution in [0.4, 0.5) is 8.78 Å². The summed E-state index contributed by atoms with van der Waals surface area (Å²) in [5.74, 6) is -1.19. The molecule has 0 saturated heterocycles. The van der Waals surface area contributed by atoms with E-state index >= 15 is 0 Å². The molecule has 22 heavy (non-hydrogen) atoms. The molecule has 2 heterocycles. The molecule has 3 rings (SSSR count). The van der Waals surface area contributed by atoms with Gasteiger partial charge in [-0.2, -0.15) is 0 Å². The quantitative estimate of drug-likeness (QED) is 0.720. The number of hydrogen-bond donors (Lipinski definition) is 0. The van der Waals surface area contributed by atoms with Crippen molar-refractivity contribution >= 4 is 10.8 Å². The van der Waals surface area contributed by atoms with E-state index in [1.165, 1.54) is 12.3 Å². The average Bonchev–Trinajstić information content (AvgIpc) is 2.47. The topological polar surface area (TPSA) is 35.0 Å². The molecule has 5 heteroatoms. The molecule has 0 unspecified atom stereocenters. The van der Waals surface area contributed by atoms with Crippen LogP contribution >= 0.6 is 0 Å². The van der Waals surface area contributed by atoms with Crippen molar-refractivity contribution in [2.24, 2.45) is 0 Å². The number of ether oxygens (including phenoxy) is 1. The molecule has 0 bridgehead atoms. The third kappa shape index (κ3) is 2.62. The molecule has 0 spiro atoms. The maximum Gasteiger partial charge on any atom is 0.224 e. The van der Waals surface area contributed by atoms with E-state index in [1.54, 1.807) is 18.3 Å². The van der Waals surface area contributed by atoms with Gasteiger partial charge in [-0.05, 0) is 32.0 Å². The number of hydrogen-bond acceptors (Lipinski definition) is 3. The molecule has 0 radical (unpaired) electrons. The van der Waals surface area contributed by atoms with Crippen molar-refractivity contribution in [2.45, 2.75) is 20.0 Å². The number of fused-ring (bicyclic) bond motifs is 1. The van der Waals surface area contributed by atoms with Gasteiger partial charge in [0.2, 0.25) is 5.88 Å². The van der Waals surface area contributed by atoms with Crippen LogP contribution in [0.25, 0.3) is 22.0 Å². The van der Waals surface area contributed by atoms with Gasteiger partial charge < -0.3 is 4.74 Å². The van der Waals surface area contributed by atoms with Gasteiger partial charge in [0.1, 0.15) is 11.6 Å². The summed E-state index contributed by atoms with van der Waals surface area (Å²) in [5.41, 5.74) is 1.16. The van der Waals surface area contributed by atoms with Crippen molar-refractivity contribution in [1.29, 1.82) is 0 Å². The molecule has 0 atom stereocenters. The number of halogens is 2. The Balaban J connectivity index is 2.32. The first-order valence-electron chi connectivity index (χ1n) is 6.92. The number of benzene rings is 1. The summed E-state index contributed by atoms with van der Waals surface area (Å²) in [7, 11) is 0. The summed E-state index contributed by atoms with van der Waals surface area (Å²) in [6.07, 6.45) is 2.98. The molecule has 3 aromatic rings. The minimum atomic E-state index is -0.698. The summed E-state index contributed by atoms with van der Waals surface area (Å²) < 4.78 is 33.5. The van der Waals surface area contributed by atoms with Crippen LogP contribution < -0.4 is 4.74 Å². The Morgan fingerprint density at radius 2 is 1.91 bits per heavy atom. The number of aromatic nitrogens is 2. The zero-order valence-corrected chi connectivity index (χ0v) is 12.2. The van der Waals surface area contributed by atoms with Gasteiger partial charge >= 0.3 is 0 Å². The Kier molecular flexibility index (Phi) is 3.71. The van der Waals surface area contributed by atoms with Gasteiger partial charge in [0.15, 0.2) is 0 Å². The monoisotopic (exact) mass is 300 g/mol. The van der Waals surface area contributed by atoms with Crippen molar-refractivity contribution in [2.75, 3.05) is 0 Å². The first kappa shape index (κ1) is 14.4. The molecular formula is C17H14F2N2O. The summed E-state index contributed by atoms with van der Waals surface area (Å²) >= 11 is 0. The Morgan fingerprint density at radius 1 is 1.09 bits per heavy atom. The Labute approximate surface area is 126 Å². The van der Waals surface area contributed by atoms with Crippen LogP contribution in [0.5, 0.6) is 5.88 Å². The van der Waals surface area contributed by atoms with Crippen LogP contribution in [0.15, 0.2) is 42.7 Å². The fraction of sp³-hybridized carbons (Fsp3) is 0.176. The Morgan fingerprint density at radius 3 is 2.59 bits per heavy atom. The van der Waals surface area contributed by atoms with E-state index in [9.17, 15) is 8.78 Å². The van der Waals surface area contributed by atoms with Crippen LogP contribution in [-0.2, 0) is 0 Å². The minimum absolute atomic E-state index is 0.155. The predicted octanol–water partition coefficient (Wildman–Crippen LogP) is 4.36. The van der Waals surface area contributed by atoms with E-state index in [0.717, 1.165) is 6.07 Å². The highest BCUT2D eigenvalue weighted by Crippen LogP contribution is 2.34. The van der Waals surface area contributed by atoms with Crippen LogP contribution in [-0.4, -0.2) is 16.1 Å². The van der Waals surface area contributed by atoms with Gasteiger partial charge in [-0.1, -0.05) is 6.07 Å². The standard InChI is InChI=1S/C17H14F2N2O/c1-10(2)22-17-16-12(7-11(18)8-14(16)19)13(9-21-17)15-5-3-4-6-20-15/h3-10H,1-2H3. The number of rotatable bonds is 3. The zero-order valence-electron chi connectivity index (χ0n) is 12.2. The molecule has 2 aromatic heterocycles. The molecule has 0 N–H and O–H groups in total. The SMILES string of the molecule is CC(C)Oc1ncc(-c2ccccn2)c2cc(F)cc(F)c12. The van der Waals surface area contributed by atoms with Gasteiger partial charge in [-0.25, -0.2) is 13.8 Å². The smallest absolute Gasteiger partial charge is 0.224 e. The lowest BCUT2D eigenvalue weighted by Crippen LogP contribution is -2.08. The average molecular weight is 300 g/mol. The lowest BCUT2D eigenvalue weighted by molar-refractivity contribution is 0.235. The van der Waals surface area contributed by atoms with Crippen LogP contribution in [0, 0.1) is 11.6 Å². The highest BCUT2D eigenvalue weighted by Gasteiger charge is 2.17. The van der Waals surface area contributed by atoms with E-state index in [4.69, 9.17) is 4.74 Å². The molecule has 1 aromatic carbocycles. The van der Waals surface area contributed by atoms with Gasteiger partial charge in [0.05, 0.1) is 17.2 Å². The molecule has 0 amide bonds. The highest BCUT2D eigenvalue weighted by molar-refractivity contribution is 5.98. The van der Waals surface area contributed by atoms with Gasteiger partial charge in [0.25, 0.3) is 0 Å². The van der Waals surface area contributed by atoms with Gasteiger partial charge in [-0.3, -0.25) is 4.98 Å². The van der Waals surface area contributed by atoms with Crippen molar-refractivity contribution in [1.82, 2.24) is 9.97 Å². The summed E-state index contributed by atoms with van der Waals surface area (Å²) in [4.78, 5) is 8.41. The first-order valence-corrected chi connectivity index (χ1v) is 6.92. The van der Waals surface area contributed by atoms with E-state index in [-0.39, 0.29) is 17.4 Å².